The van der Waals surface area contributed by atoms with Crippen molar-refractivity contribution in [2.45, 2.75) is 164 Å². The normalized spacial score (nSPS) is 16.2. The molecular formula is C61H95Br5N4O22. The first-order valence-electron chi connectivity index (χ1n) is 30.0. The SMILES string of the molecule is CC(C)(C)C(=O)OCC(C)(COC(=O)C(C)(C)Br)C(=O)NCC(CNC(=O)C(C)(COC(=O)C(C)(C)Br)COC(=O)C(C)(C)Br)(CNC(=O)C(C)(COC(=O)C(C)(C)Br)COC(=O)C(C)(C)Br)COCCOCCOCCOCCn1c(O)c2c(c1O)C1CCC2O1. The van der Waals surface area contributed by atoms with Crippen LogP contribution in [0.4, 0.5) is 0 Å². The number of aromatic nitrogens is 1. The molecule has 0 spiro atoms. The van der Waals surface area contributed by atoms with Crippen LogP contribution < -0.4 is 16.0 Å². The molecular weight excluding hydrogens is 1540 g/mol. The van der Waals surface area contributed by atoms with Gasteiger partial charge in [0.2, 0.25) is 17.7 Å². The van der Waals surface area contributed by atoms with Gasteiger partial charge in [-0.05, 0) is 124 Å². The maximum atomic E-state index is 14.9. The van der Waals surface area contributed by atoms with Crippen LogP contribution in [0.1, 0.15) is 147 Å². The number of esters is 6. The minimum Gasteiger partial charge on any atom is -0.494 e. The van der Waals surface area contributed by atoms with E-state index in [4.69, 9.17) is 52.1 Å². The Bertz CT molecular complexity index is 2400. The topological polar surface area (TPSA) is 337 Å². The lowest BCUT2D eigenvalue weighted by Crippen LogP contribution is -2.59. The summed E-state index contributed by atoms with van der Waals surface area (Å²) >= 11 is 16.4. The van der Waals surface area contributed by atoms with Crippen molar-refractivity contribution < 1.29 is 105 Å². The number of hydrogen-bond donors (Lipinski definition) is 5. The fraction of sp³-hybridized carbons (Fsp3) is 0.787. The highest BCUT2D eigenvalue weighted by atomic mass is 79.9. The molecule has 1 fully saturated rings. The molecule has 3 atom stereocenters. The van der Waals surface area contributed by atoms with Crippen LogP contribution in [0.5, 0.6) is 11.8 Å². The zero-order chi connectivity index (χ0) is 70.3. The number of rotatable bonds is 40. The molecule has 0 radical (unpaired) electrons. The first kappa shape index (κ1) is 82.5. The van der Waals surface area contributed by atoms with Crippen molar-refractivity contribution in [1.29, 1.82) is 0 Å². The van der Waals surface area contributed by atoms with Gasteiger partial charge in [-0.2, -0.15) is 0 Å². The molecule has 2 aliphatic heterocycles. The van der Waals surface area contributed by atoms with Crippen molar-refractivity contribution >= 4 is 133 Å². The summed E-state index contributed by atoms with van der Waals surface area (Å²) in [6.07, 6.45) is 1.12. The summed E-state index contributed by atoms with van der Waals surface area (Å²) < 4.78 is 58.5. The van der Waals surface area contributed by atoms with Crippen molar-refractivity contribution in [2.24, 2.45) is 27.1 Å². The molecule has 5 N–H and O–H groups in total. The highest BCUT2D eigenvalue weighted by molar-refractivity contribution is 9.11. The molecule has 1 aromatic heterocycles. The number of ether oxygens (including phenoxy) is 11. The lowest BCUT2D eigenvalue weighted by molar-refractivity contribution is -0.164. The van der Waals surface area contributed by atoms with Gasteiger partial charge in [0.1, 0.15) is 77.5 Å². The zero-order valence-corrected chi connectivity index (χ0v) is 63.6. The molecule has 2 aliphatic rings. The molecule has 0 aliphatic carbocycles. The summed E-state index contributed by atoms with van der Waals surface area (Å²) in [5, 5.41) is 30.1. The van der Waals surface area contributed by atoms with E-state index in [1.165, 1.54) is 94.6 Å². The number of nitrogens with zero attached hydrogens (tertiary/aromatic N) is 1. The monoisotopic (exact) mass is 1630 g/mol. The summed E-state index contributed by atoms with van der Waals surface area (Å²) in [6.45, 7) is 19.7. The van der Waals surface area contributed by atoms with Crippen LogP contribution in [0.3, 0.4) is 0 Å². The van der Waals surface area contributed by atoms with Crippen LogP contribution in [0.2, 0.25) is 0 Å². The molecule has 2 bridgehead atoms. The number of fused-ring (bicyclic) bond motifs is 5. The number of carbonyl (C=O) groups excluding carboxylic acids is 9. The minimum absolute atomic E-state index is 0.0241. The number of amides is 3. The molecule has 1 aromatic rings. The van der Waals surface area contributed by atoms with E-state index < -0.39 is 168 Å². The second kappa shape index (κ2) is 34.0. The summed E-state index contributed by atoms with van der Waals surface area (Å²) in [6, 6.07) is 0. The van der Waals surface area contributed by atoms with E-state index in [9.17, 15) is 53.4 Å². The van der Waals surface area contributed by atoms with Crippen molar-refractivity contribution in [2.75, 3.05) is 112 Å². The number of carbonyl (C=O) groups is 9. The Labute approximate surface area is 581 Å². The van der Waals surface area contributed by atoms with E-state index in [0.717, 1.165) is 12.8 Å². The average molecular weight is 1640 g/mol. The van der Waals surface area contributed by atoms with Crippen molar-refractivity contribution in [1.82, 2.24) is 20.5 Å². The highest BCUT2D eigenvalue weighted by Crippen LogP contribution is 2.58. The summed E-state index contributed by atoms with van der Waals surface area (Å²) in [4.78, 5) is 124. The molecule has 3 amide bonds. The van der Waals surface area contributed by atoms with E-state index in [1.807, 2.05) is 0 Å². The zero-order valence-electron chi connectivity index (χ0n) is 55.7. The second-order valence-electron chi connectivity index (χ2n) is 27.5. The van der Waals surface area contributed by atoms with Crippen LogP contribution in [-0.4, -0.2) is 202 Å². The Hall–Kier alpha value is -3.69. The lowest BCUT2D eigenvalue weighted by Gasteiger charge is -2.38. The maximum Gasteiger partial charge on any atom is 0.322 e. The van der Waals surface area contributed by atoms with E-state index in [-0.39, 0.29) is 76.8 Å². The van der Waals surface area contributed by atoms with E-state index in [1.54, 1.807) is 20.8 Å². The molecule has 26 nitrogen and oxygen atoms in total. The minimum atomic E-state index is -1.81. The molecule has 3 heterocycles. The van der Waals surface area contributed by atoms with Gasteiger partial charge in [-0.1, -0.05) is 79.6 Å². The summed E-state index contributed by atoms with van der Waals surface area (Å²) in [5.41, 5.74) is -6.80. The third-order valence-electron chi connectivity index (χ3n) is 14.6. The van der Waals surface area contributed by atoms with E-state index in [0.29, 0.717) is 11.1 Å². The number of halogens is 5. The van der Waals surface area contributed by atoms with Gasteiger partial charge in [0.15, 0.2) is 11.8 Å². The number of nitrogens with one attached hydrogen (secondary N) is 3. The van der Waals surface area contributed by atoms with Crippen LogP contribution >= 0.6 is 79.6 Å². The van der Waals surface area contributed by atoms with Gasteiger partial charge in [-0.15, -0.1) is 0 Å². The number of aromatic hydroxyl groups is 2. The smallest absolute Gasteiger partial charge is 0.322 e. The Morgan fingerprint density at radius 1 is 0.402 bits per heavy atom. The Balaban J connectivity index is 2.03. The number of hydrogen-bond acceptors (Lipinski definition) is 22. The van der Waals surface area contributed by atoms with Crippen LogP contribution in [0, 0.1) is 27.1 Å². The molecule has 92 heavy (non-hydrogen) atoms. The van der Waals surface area contributed by atoms with Gasteiger partial charge in [0.25, 0.3) is 0 Å². The fourth-order valence-electron chi connectivity index (χ4n) is 8.37. The Morgan fingerprint density at radius 2 is 0.652 bits per heavy atom. The van der Waals surface area contributed by atoms with Crippen LogP contribution in [0.25, 0.3) is 0 Å². The third-order valence-corrected chi connectivity index (χ3v) is 16.2. The van der Waals surface area contributed by atoms with Crippen molar-refractivity contribution in [3.63, 3.8) is 0 Å². The first-order chi connectivity index (χ1) is 42.0. The van der Waals surface area contributed by atoms with Gasteiger partial charge in [-0.25, -0.2) is 0 Å². The van der Waals surface area contributed by atoms with E-state index in [2.05, 4.69) is 95.6 Å². The largest absolute Gasteiger partial charge is 0.494 e. The van der Waals surface area contributed by atoms with Gasteiger partial charge in [-0.3, -0.25) is 47.7 Å². The maximum absolute atomic E-state index is 14.9. The van der Waals surface area contributed by atoms with Crippen molar-refractivity contribution in [3.8, 4) is 11.8 Å². The third kappa shape index (κ3) is 25.1. The molecule has 3 unspecified atom stereocenters. The predicted molar refractivity (Wildman–Crippen MR) is 353 cm³/mol. The van der Waals surface area contributed by atoms with Crippen LogP contribution in [0.15, 0.2) is 0 Å². The molecule has 0 aromatic carbocycles. The second-order valence-corrected chi connectivity index (χ2v) is 37.4. The van der Waals surface area contributed by atoms with Gasteiger partial charge < -0.3 is 78.3 Å². The van der Waals surface area contributed by atoms with Gasteiger partial charge in [0, 0.05) is 25.0 Å². The van der Waals surface area contributed by atoms with Gasteiger partial charge in [0.05, 0.1) is 88.1 Å². The standard InChI is InChI=1S/C61H95Br5N4O22/c1-52(2,3)46(76)86-30-58(14,31-87-47(77)53(4,5)62)43(73)67-27-61(28-68-44(74)59(15,32-88-48(78)54(6,7)63)33-89-49(79)55(8,9)64,29-69-45(75)60(16,34-90-50(80)56(10,11)65)35-91-51(81)57(12,13)66)36-85-26-25-84-24-23-83-22-21-82-20-19-70-41(71)39-37-17-18-38(92-37)40(39)42(70)72/h37-38,71-72H,17-36H2,1-16H3,(H,67,73)(H,68,74)(H,69,75). The molecule has 526 valence electrons. The summed E-state index contributed by atoms with van der Waals surface area (Å²) in [5.74, 6) is -6.98. The molecule has 1 saturated heterocycles. The molecule has 31 heteroatoms. The Morgan fingerprint density at radius 3 is 0.913 bits per heavy atom. The Kier molecular flexibility index (Phi) is 30.5. The number of alkyl halides is 5. The highest BCUT2D eigenvalue weighted by Gasteiger charge is 2.48. The van der Waals surface area contributed by atoms with E-state index >= 15 is 0 Å². The molecule has 0 saturated carbocycles. The predicted octanol–water partition coefficient (Wildman–Crippen LogP) is 7.40. The first-order valence-corrected chi connectivity index (χ1v) is 33.9. The lowest BCUT2D eigenvalue weighted by atomic mass is 9.84. The quantitative estimate of drug-likeness (QED) is 0.0185. The fourth-order valence-corrected chi connectivity index (χ4v) is 8.94. The van der Waals surface area contributed by atoms with Gasteiger partial charge >= 0.3 is 35.8 Å². The van der Waals surface area contributed by atoms with Crippen molar-refractivity contribution in [3.05, 3.63) is 11.1 Å². The molecule has 3 rings (SSSR count). The average Bonchev–Trinajstić information content (AvgIpc) is 1.57. The van der Waals surface area contributed by atoms with Crippen LogP contribution in [-0.2, 0) is 102 Å². The summed E-state index contributed by atoms with van der Waals surface area (Å²) in [7, 11) is 0.